The van der Waals surface area contributed by atoms with Crippen LogP contribution in [0.1, 0.15) is 25.7 Å². The third-order valence-corrected chi connectivity index (χ3v) is 5.61. The third kappa shape index (κ3) is 3.08. The Hall–Kier alpha value is -1.79. The van der Waals surface area contributed by atoms with E-state index >= 15 is 0 Å². The molecule has 0 radical (unpaired) electrons. The van der Waals surface area contributed by atoms with Gasteiger partial charge in [-0.05, 0) is 43.9 Å². The summed E-state index contributed by atoms with van der Waals surface area (Å²) in [5.41, 5.74) is 1.77. The zero-order chi connectivity index (χ0) is 17.3. The molecule has 1 aliphatic carbocycles. The highest BCUT2D eigenvalue weighted by Gasteiger charge is 2.39. The lowest BCUT2D eigenvalue weighted by Gasteiger charge is -2.16. The molecule has 0 atom stereocenters. The summed E-state index contributed by atoms with van der Waals surface area (Å²) in [6, 6.07) is 4.96. The maximum atomic E-state index is 12.6. The van der Waals surface area contributed by atoms with Crippen LogP contribution in [-0.2, 0) is 19.1 Å². The molecule has 0 bridgehead atoms. The van der Waals surface area contributed by atoms with E-state index in [1.165, 1.54) is 23.8 Å². The van der Waals surface area contributed by atoms with E-state index in [9.17, 15) is 14.4 Å². The molecule has 3 rings (SSSR count). The van der Waals surface area contributed by atoms with Gasteiger partial charge in [0, 0.05) is 16.0 Å². The standard InChI is InChI=1S/C17H16ClNO4S/c1-23-15(20)9-24-14-8-10(6-7-13(14)18)19-16(21)11-4-2-3-5-12(11)17(19)22/h6-8H,2-5,9H2,1H3. The van der Waals surface area contributed by atoms with Crippen LogP contribution in [0.4, 0.5) is 5.69 Å². The summed E-state index contributed by atoms with van der Waals surface area (Å²) in [5.74, 6) is -0.732. The number of hydrogen-bond donors (Lipinski definition) is 0. The minimum absolute atomic E-state index is 0.107. The second kappa shape index (κ2) is 6.99. The Kier molecular flexibility index (Phi) is 4.96. The molecule has 5 nitrogen and oxygen atoms in total. The highest BCUT2D eigenvalue weighted by atomic mass is 35.5. The van der Waals surface area contributed by atoms with E-state index in [4.69, 9.17) is 11.6 Å². The smallest absolute Gasteiger partial charge is 0.315 e. The van der Waals surface area contributed by atoms with Crippen LogP contribution in [-0.4, -0.2) is 30.6 Å². The lowest BCUT2D eigenvalue weighted by molar-refractivity contribution is -0.137. The molecule has 24 heavy (non-hydrogen) atoms. The Labute approximate surface area is 149 Å². The molecule has 1 aliphatic heterocycles. The number of halogens is 1. The van der Waals surface area contributed by atoms with Crippen molar-refractivity contribution in [3.8, 4) is 0 Å². The molecule has 0 aromatic heterocycles. The second-order valence-electron chi connectivity index (χ2n) is 5.59. The molecule has 0 fully saturated rings. The molecule has 0 saturated carbocycles. The van der Waals surface area contributed by atoms with Gasteiger partial charge in [0.1, 0.15) is 0 Å². The van der Waals surface area contributed by atoms with Crippen LogP contribution >= 0.6 is 23.4 Å². The number of rotatable bonds is 4. The number of nitrogens with zero attached hydrogens (tertiary/aromatic N) is 1. The second-order valence-corrected chi connectivity index (χ2v) is 7.01. The van der Waals surface area contributed by atoms with Crippen molar-refractivity contribution in [2.75, 3.05) is 17.8 Å². The zero-order valence-corrected chi connectivity index (χ0v) is 14.7. The molecule has 2 amide bonds. The van der Waals surface area contributed by atoms with E-state index in [-0.39, 0.29) is 23.5 Å². The van der Waals surface area contributed by atoms with Crippen LogP contribution < -0.4 is 4.90 Å². The van der Waals surface area contributed by atoms with Gasteiger partial charge in [0.15, 0.2) is 0 Å². The molecule has 0 unspecified atom stereocenters. The van der Waals surface area contributed by atoms with E-state index in [0.29, 0.717) is 39.6 Å². The summed E-state index contributed by atoms with van der Waals surface area (Å²) >= 11 is 7.36. The molecule has 1 heterocycles. The highest BCUT2D eigenvalue weighted by Crippen LogP contribution is 2.38. The fourth-order valence-electron chi connectivity index (χ4n) is 2.91. The first-order valence-electron chi connectivity index (χ1n) is 7.63. The first-order valence-corrected chi connectivity index (χ1v) is 8.99. The van der Waals surface area contributed by atoms with Crippen LogP contribution in [0.25, 0.3) is 0 Å². The van der Waals surface area contributed by atoms with Gasteiger partial charge in [-0.2, -0.15) is 0 Å². The fraction of sp³-hybridized carbons (Fsp3) is 0.353. The predicted octanol–water partition coefficient (Wildman–Crippen LogP) is 3.35. The number of thioether (sulfide) groups is 1. The maximum absolute atomic E-state index is 12.6. The molecular formula is C17H16ClNO4S. The highest BCUT2D eigenvalue weighted by molar-refractivity contribution is 8.00. The summed E-state index contributed by atoms with van der Waals surface area (Å²) < 4.78 is 4.61. The van der Waals surface area contributed by atoms with E-state index in [2.05, 4.69) is 4.74 Å². The molecule has 0 N–H and O–H groups in total. The van der Waals surface area contributed by atoms with Crippen molar-refractivity contribution < 1.29 is 19.1 Å². The molecule has 1 aromatic carbocycles. The van der Waals surface area contributed by atoms with E-state index < -0.39 is 0 Å². The average molecular weight is 366 g/mol. The van der Waals surface area contributed by atoms with Crippen LogP contribution in [0, 0.1) is 0 Å². The number of carbonyl (C=O) groups excluding carboxylic acids is 3. The number of benzene rings is 1. The molecule has 1 aromatic rings. The maximum Gasteiger partial charge on any atom is 0.315 e. The van der Waals surface area contributed by atoms with Gasteiger partial charge in [-0.1, -0.05) is 11.6 Å². The van der Waals surface area contributed by atoms with Crippen molar-refractivity contribution in [3.63, 3.8) is 0 Å². The minimum Gasteiger partial charge on any atom is -0.468 e. The number of anilines is 1. The lowest BCUT2D eigenvalue weighted by atomic mass is 9.93. The van der Waals surface area contributed by atoms with Gasteiger partial charge in [0.2, 0.25) is 0 Å². The largest absolute Gasteiger partial charge is 0.468 e. The number of amides is 2. The van der Waals surface area contributed by atoms with Gasteiger partial charge < -0.3 is 4.74 Å². The van der Waals surface area contributed by atoms with Crippen molar-refractivity contribution in [2.45, 2.75) is 30.6 Å². The van der Waals surface area contributed by atoms with Gasteiger partial charge in [-0.3, -0.25) is 14.4 Å². The zero-order valence-electron chi connectivity index (χ0n) is 13.1. The molecule has 126 valence electrons. The first-order chi connectivity index (χ1) is 11.5. The normalized spacial score (nSPS) is 17.3. The van der Waals surface area contributed by atoms with E-state index in [1.54, 1.807) is 18.2 Å². The van der Waals surface area contributed by atoms with Crippen molar-refractivity contribution >= 4 is 46.8 Å². The molecule has 0 saturated heterocycles. The number of carbonyl (C=O) groups is 3. The quantitative estimate of drug-likeness (QED) is 0.465. The summed E-state index contributed by atoms with van der Waals surface area (Å²) in [4.78, 5) is 38.3. The Morgan fingerprint density at radius 3 is 2.42 bits per heavy atom. The molecule has 7 heteroatoms. The summed E-state index contributed by atoms with van der Waals surface area (Å²) in [6.45, 7) is 0. The van der Waals surface area contributed by atoms with Gasteiger partial charge >= 0.3 is 5.97 Å². The molecular weight excluding hydrogens is 350 g/mol. The van der Waals surface area contributed by atoms with Crippen molar-refractivity contribution in [1.82, 2.24) is 0 Å². The number of ether oxygens (including phenoxy) is 1. The van der Waals surface area contributed by atoms with Gasteiger partial charge in [0.05, 0.1) is 23.6 Å². The monoisotopic (exact) mass is 365 g/mol. The summed E-state index contributed by atoms with van der Waals surface area (Å²) in [7, 11) is 1.32. The number of hydrogen-bond acceptors (Lipinski definition) is 5. The van der Waals surface area contributed by atoms with Gasteiger partial charge in [-0.25, -0.2) is 4.90 Å². The van der Waals surface area contributed by atoms with Crippen LogP contribution in [0.15, 0.2) is 34.2 Å². The Bertz CT molecular complexity index is 731. The topological polar surface area (TPSA) is 63.7 Å². The molecule has 0 spiro atoms. The fourth-order valence-corrected chi connectivity index (χ4v) is 3.99. The summed E-state index contributed by atoms with van der Waals surface area (Å²) in [6.07, 6.45) is 3.20. The molecule has 2 aliphatic rings. The van der Waals surface area contributed by atoms with Crippen molar-refractivity contribution in [1.29, 1.82) is 0 Å². The summed E-state index contributed by atoms with van der Waals surface area (Å²) in [5, 5.41) is 0.462. The Morgan fingerprint density at radius 2 is 1.83 bits per heavy atom. The average Bonchev–Trinajstić information content (AvgIpc) is 2.85. The number of imide groups is 1. The van der Waals surface area contributed by atoms with Crippen LogP contribution in [0.2, 0.25) is 5.02 Å². The van der Waals surface area contributed by atoms with E-state index in [0.717, 1.165) is 12.8 Å². The van der Waals surface area contributed by atoms with E-state index in [1.807, 2.05) is 0 Å². The van der Waals surface area contributed by atoms with Crippen LogP contribution in [0.5, 0.6) is 0 Å². The third-order valence-electron chi connectivity index (χ3n) is 4.14. The van der Waals surface area contributed by atoms with Crippen molar-refractivity contribution in [3.05, 3.63) is 34.4 Å². The lowest BCUT2D eigenvalue weighted by Crippen LogP contribution is -2.31. The minimum atomic E-state index is -0.369. The first kappa shape index (κ1) is 17.0. The van der Waals surface area contributed by atoms with Gasteiger partial charge in [-0.15, -0.1) is 11.8 Å². The van der Waals surface area contributed by atoms with Crippen LogP contribution in [0.3, 0.4) is 0 Å². The van der Waals surface area contributed by atoms with Crippen molar-refractivity contribution in [2.24, 2.45) is 0 Å². The predicted molar refractivity (Wildman–Crippen MR) is 92.2 cm³/mol. The Morgan fingerprint density at radius 1 is 1.21 bits per heavy atom. The van der Waals surface area contributed by atoms with Gasteiger partial charge in [0.25, 0.3) is 11.8 Å². The Balaban J connectivity index is 1.86. The SMILES string of the molecule is COC(=O)CSc1cc(N2C(=O)C3=C(CCCC3)C2=O)ccc1Cl. The number of methoxy groups -OCH3 is 1. The number of esters is 1.